The highest BCUT2D eigenvalue weighted by molar-refractivity contribution is 5.33. The van der Waals surface area contributed by atoms with Crippen LogP contribution < -0.4 is 5.73 Å². The van der Waals surface area contributed by atoms with E-state index in [0.29, 0.717) is 6.54 Å². The van der Waals surface area contributed by atoms with Gasteiger partial charge in [0.25, 0.3) is 0 Å². The Hall–Kier alpha value is -1.37. The van der Waals surface area contributed by atoms with Gasteiger partial charge >= 0.3 is 0 Å². The van der Waals surface area contributed by atoms with Crippen LogP contribution in [0.1, 0.15) is 13.8 Å². The summed E-state index contributed by atoms with van der Waals surface area (Å²) in [6.07, 6.45) is 10.1. The summed E-state index contributed by atoms with van der Waals surface area (Å²) in [5, 5.41) is 8.62. The number of hydrogen-bond donors (Lipinski definition) is 1. The molecule has 2 N–H and O–H groups in total. The zero-order valence-electron chi connectivity index (χ0n) is 10.1. The minimum atomic E-state index is -0.227. The van der Waals surface area contributed by atoms with E-state index < -0.39 is 0 Å². The number of rotatable bonds is 3. The molecule has 1 aliphatic carbocycles. The summed E-state index contributed by atoms with van der Waals surface area (Å²) in [5.41, 5.74) is 7.15. The first-order chi connectivity index (χ1) is 7.46. The fourth-order valence-corrected chi connectivity index (χ4v) is 1.49. The summed E-state index contributed by atoms with van der Waals surface area (Å²) in [7, 11) is 1.85. The predicted octanol–water partition coefficient (Wildman–Crippen LogP) is 1.81. The molecule has 86 valence electrons. The summed E-state index contributed by atoms with van der Waals surface area (Å²) < 4.78 is 0. The minimum Gasteiger partial charge on any atom is -0.312 e. The molecule has 16 heavy (non-hydrogen) atoms. The highest BCUT2D eigenvalue weighted by Crippen LogP contribution is 2.23. The Morgan fingerprint density at radius 1 is 1.50 bits per heavy atom. The van der Waals surface area contributed by atoms with E-state index in [-0.39, 0.29) is 11.6 Å². The average molecular weight is 217 g/mol. The molecule has 1 aliphatic rings. The van der Waals surface area contributed by atoms with Crippen LogP contribution in [0.5, 0.6) is 0 Å². The molecule has 0 amide bonds. The molecular formula is C13H19N3. The highest BCUT2D eigenvalue weighted by Gasteiger charge is 2.16. The van der Waals surface area contributed by atoms with E-state index in [4.69, 9.17) is 11.0 Å². The molecule has 0 saturated heterocycles. The third kappa shape index (κ3) is 3.34. The van der Waals surface area contributed by atoms with Crippen LogP contribution in [0, 0.1) is 16.7 Å². The van der Waals surface area contributed by atoms with Gasteiger partial charge in [-0.05, 0) is 12.6 Å². The van der Waals surface area contributed by atoms with Crippen molar-refractivity contribution in [1.82, 2.24) is 4.90 Å². The number of nitrogens with two attached hydrogens (primary N) is 1. The molecule has 0 spiro atoms. The lowest BCUT2D eigenvalue weighted by atomic mass is 9.93. The van der Waals surface area contributed by atoms with Gasteiger partial charge in [-0.1, -0.05) is 44.2 Å². The van der Waals surface area contributed by atoms with E-state index in [1.54, 1.807) is 0 Å². The van der Waals surface area contributed by atoms with Gasteiger partial charge in [-0.2, -0.15) is 5.26 Å². The van der Waals surface area contributed by atoms with Gasteiger partial charge in [0.15, 0.2) is 0 Å². The van der Waals surface area contributed by atoms with Crippen molar-refractivity contribution in [2.24, 2.45) is 11.1 Å². The highest BCUT2D eigenvalue weighted by atomic mass is 15.2. The van der Waals surface area contributed by atoms with E-state index in [9.17, 15) is 0 Å². The van der Waals surface area contributed by atoms with Gasteiger partial charge in [0, 0.05) is 5.41 Å². The third-order valence-corrected chi connectivity index (χ3v) is 2.66. The molecule has 0 aromatic heterocycles. The Morgan fingerprint density at radius 2 is 2.19 bits per heavy atom. The first-order valence-corrected chi connectivity index (χ1v) is 5.38. The quantitative estimate of drug-likeness (QED) is 0.579. The fourth-order valence-electron chi connectivity index (χ4n) is 1.49. The Bertz CT molecular complexity index is 369. The van der Waals surface area contributed by atoms with E-state index in [2.05, 4.69) is 32.1 Å². The van der Waals surface area contributed by atoms with Crippen LogP contribution in [-0.4, -0.2) is 24.7 Å². The SMILES string of the molecule is CN(CC#N)C(N)C1=CC=CC(C)(C)C=C1. The van der Waals surface area contributed by atoms with E-state index in [1.807, 2.05) is 30.2 Å². The van der Waals surface area contributed by atoms with Crippen molar-refractivity contribution >= 4 is 0 Å². The second-order valence-corrected chi connectivity index (χ2v) is 4.70. The standard InChI is InChI=1S/C13H19N3/c1-13(2)7-4-5-11(6-8-13)12(15)16(3)10-9-14/h4-8,12H,10,15H2,1-3H3. The van der Waals surface area contributed by atoms with Gasteiger partial charge in [-0.25, -0.2) is 0 Å². The lowest BCUT2D eigenvalue weighted by Gasteiger charge is -2.22. The van der Waals surface area contributed by atoms with E-state index >= 15 is 0 Å². The van der Waals surface area contributed by atoms with Gasteiger partial charge in [-0.15, -0.1) is 0 Å². The molecule has 0 bridgehead atoms. The van der Waals surface area contributed by atoms with Gasteiger partial charge in [0.1, 0.15) is 0 Å². The first-order valence-electron chi connectivity index (χ1n) is 5.38. The maximum absolute atomic E-state index is 8.62. The van der Waals surface area contributed by atoms with Gasteiger partial charge < -0.3 is 5.73 Å². The molecule has 1 rings (SSSR count). The summed E-state index contributed by atoms with van der Waals surface area (Å²) in [4.78, 5) is 1.82. The van der Waals surface area contributed by atoms with Crippen molar-refractivity contribution in [2.75, 3.05) is 13.6 Å². The lowest BCUT2D eigenvalue weighted by molar-refractivity contribution is 0.312. The van der Waals surface area contributed by atoms with Crippen LogP contribution in [-0.2, 0) is 0 Å². The number of nitrogens with zero attached hydrogens (tertiary/aromatic N) is 2. The predicted molar refractivity (Wildman–Crippen MR) is 66.4 cm³/mol. The van der Waals surface area contributed by atoms with Crippen molar-refractivity contribution in [2.45, 2.75) is 20.0 Å². The molecule has 0 heterocycles. The van der Waals surface area contributed by atoms with Gasteiger partial charge in [0.05, 0.1) is 18.8 Å². The molecule has 0 radical (unpaired) electrons. The minimum absolute atomic E-state index is 0.0613. The van der Waals surface area contributed by atoms with Crippen molar-refractivity contribution in [1.29, 1.82) is 5.26 Å². The van der Waals surface area contributed by atoms with Gasteiger partial charge in [0.2, 0.25) is 0 Å². The summed E-state index contributed by atoms with van der Waals surface area (Å²) in [5.74, 6) is 0. The Balaban J connectivity index is 2.80. The third-order valence-electron chi connectivity index (χ3n) is 2.66. The van der Waals surface area contributed by atoms with Crippen molar-refractivity contribution in [3.8, 4) is 6.07 Å². The molecule has 0 fully saturated rings. The fraction of sp³-hybridized carbons (Fsp3) is 0.462. The smallest absolute Gasteiger partial charge is 0.0878 e. The molecule has 0 aromatic rings. The van der Waals surface area contributed by atoms with Crippen LogP contribution in [0.2, 0.25) is 0 Å². The monoisotopic (exact) mass is 217 g/mol. The maximum Gasteiger partial charge on any atom is 0.0878 e. The molecule has 0 saturated carbocycles. The first kappa shape index (κ1) is 12.7. The van der Waals surface area contributed by atoms with Crippen LogP contribution >= 0.6 is 0 Å². The second kappa shape index (κ2) is 5.11. The Kier molecular flexibility index (Phi) is 4.05. The molecule has 3 nitrogen and oxygen atoms in total. The van der Waals surface area contributed by atoms with Crippen molar-refractivity contribution in [3.63, 3.8) is 0 Å². The van der Waals surface area contributed by atoms with Crippen molar-refractivity contribution in [3.05, 3.63) is 36.0 Å². The number of likely N-dealkylation sites (N-methyl/N-ethyl adjacent to an activating group) is 1. The zero-order chi connectivity index (χ0) is 12.2. The van der Waals surface area contributed by atoms with Gasteiger partial charge in [-0.3, -0.25) is 4.90 Å². The van der Waals surface area contributed by atoms with E-state index in [1.165, 1.54) is 0 Å². The topological polar surface area (TPSA) is 53.0 Å². The molecule has 0 aliphatic heterocycles. The normalized spacial score (nSPS) is 20.1. The number of hydrogen-bond acceptors (Lipinski definition) is 3. The zero-order valence-corrected chi connectivity index (χ0v) is 10.1. The number of allylic oxidation sites excluding steroid dienone is 4. The summed E-state index contributed by atoms with van der Waals surface area (Å²) in [6, 6.07) is 2.10. The van der Waals surface area contributed by atoms with Crippen LogP contribution in [0.4, 0.5) is 0 Å². The average Bonchev–Trinajstić information content (AvgIpc) is 2.39. The largest absolute Gasteiger partial charge is 0.312 e. The van der Waals surface area contributed by atoms with Crippen molar-refractivity contribution < 1.29 is 0 Å². The van der Waals surface area contributed by atoms with E-state index in [0.717, 1.165) is 5.57 Å². The van der Waals surface area contributed by atoms with Crippen LogP contribution in [0.3, 0.4) is 0 Å². The summed E-state index contributed by atoms with van der Waals surface area (Å²) in [6.45, 7) is 4.61. The molecule has 0 aromatic carbocycles. The molecular weight excluding hydrogens is 198 g/mol. The lowest BCUT2D eigenvalue weighted by Crippen LogP contribution is -2.40. The van der Waals surface area contributed by atoms with Crippen LogP contribution in [0.15, 0.2) is 36.0 Å². The maximum atomic E-state index is 8.62. The summed E-state index contributed by atoms with van der Waals surface area (Å²) >= 11 is 0. The molecule has 1 atom stereocenters. The molecule has 1 unspecified atom stereocenters. The number of nitriles is 1. The second-order valence-electron chi connectivity index (χ2n) is 4.70. The Morgan fingerprint density at radius 3 is 2.81 bits per heavy atom. The molecule has 3 heteroatoms. The Labute approximate surface area is 97.5 Å². The van der Waals surface area contributed by atoms with Crippen LogP contribution in [0.25, 0.3) is 0 Å².